The molecule has 28 heavy (non-hydrogen) atoms. The number of rotatable bonds is 5. The molecular weight excluding hydrogens is 384 g/mol. The molecule has 0 radical (unpaired) electrons. The maximum Gasteiger partial charge on any atom is 0.350 e. The van der Waals surface area contributed by atoms with Crippen molar-refractivity contribution in [2.45, 2.75) is 12.2 Å². The third-order valence-corrected chi connectivity index (χ3v) is 5.17. The third kappa shape index (κ3) is 4.85. The number of carbonyl (C=O) groups excluding carboxylic acids is 3. The highest BCUT2D eigenvalue weighted by Crippen LogP contribution is 2.35. The van der Waals surface area contributed by atoms with E-state index >= 15 is 0 Å². The van der Waals surface area contributed by atoms with E-state index in [9.17, 15) is 14.4 Å². The lowest BCUT2D eigenvalue weighted by Gasteiger charge is -2.15. The number of carbonyl (C=O) groups is 3. The van der Waals surface area contributed by atoms with Crippen molar-refractivity contribution in [1.29, 1.82) is 0 Å². The fraction of sp³-hybridized carbons (Fsp3) is 0.278. The highest BCUT2D eigenvalue weighted by Gasteiger charge is 2.27. The van der Waals surface area contributed by atoms with Crippen LogP contribution in [0.4, 0.5) is 10.5 Å². The summed E-state index contributed by atoms with van der Waals surface area (Å²) < 4.78 is 10.9. The van der Waals surface area contributed by atoms with Crippen molar-refractivity contribution in [1.82, 2.24) is 5.32 Å². The van der Waals surface area contributed by atoms with Crippen LogP contribution in [0.3, 0.4) is 0 Å². The van der Waals surface area contributed by atoms with Gasteiger partial charge in [-0.25, -0.2) is 9.59 Å². The molecule has 2 heterocycles. The number of urea groups is 1. The number of hydrogen-bond acceptors (Lipinski definition) is 7. The predicted molar refractivity (Wildman–Crippen MR) is 104 cm³/mol. The summed E-state index contributed by atoms with van der Waals surface area (Å²) in [5, 5.41) is 5.43. The van der Waals surface area contributed by atoms with Gasteiger partial charge in [0.1, 0.15) is 17.1 Å². The van der Waals surface area contributed by atoms with E-state index in [1.807, 2.05) is 30.3 Å². The van der Waals surface area contributed by atoms with E-state index in [1.54, 1.807) is 6.07 Å². The van der Waals surface area contributed by atoms with Gasteiger partial charge in [-0.3, -0.25) is 4.79 Å². The summed E-state index contributed by atoms with van der Waals surface area (Å²) in [5.41, 5.74) is 11.6. The molecule has 2 unspecified atom stereocenters. The van der Waals surface area contributed by atoms with E-state index in [1.165, 1.54) is 11.3 Å². The lowest BCUT2D eigenvalue weighted by molar-refractivity contribution is -0.129. The molecule has 0 bridgehead atoms. The Morgan fingerprint density at radius 1 is 1.18 bits per heavy atom. The Morgan fingerprint density at radius 2 is 1.93 bits per heavy atom. The summed E-state index contributed by atoms with van der Waals surface area (Å²) in [6.07, 6.45) is -1.39. The van der Waals surface area contributed by atoms with Gasteiger partial charge in [-0.1, -0.05) is 30.3 Å². The molecule has 1 saturated heterocycles. The molecule has 1 aliphatic rings. The Balaban J connectivity index is 1.77. The number of anilines is 1. The lowest BCUT2D eigenvalue weighted by Crippen LogP contribution is -2.38. The van der Waals surface area contributed by atoms with Crippen molar-refractivity contribution in [3.8, 4) is 10.4 Å². The van der Waals surface area contributed by atoms with E-state index in [-0.39, 0.29) is 23.7 Å². The highest BCUT2D eigenvalue weighted by atomic mass is 32.1. The Hall–Kier alpha value is -2.95. The first kappa shape index (κ1) is 19.8. The van der Waals surface area contributed by atoms with E-state index < -0.39 is 30.1 Å². The van der Waals surface area contributed by atoms with Gasteiger partial charge in [0, 0.05) is 18.0 Å². The van der Waals surface area contributed by atoms with Crippen molar-refractivity contribution in [3.05, 3.63) is 41.3 Å². The highest BCUT2D eigenvalue weighted by molar-refractivity contribution is 7.18. The Bertz CT molecular complexity index is 870. The molecule has 1 aliphatic heterocycles. The number of esters is 1. The van der Waals surface area contributed by atoms with Gasteiger partial charge in [0.05, 0.1) is 12.3 Å². The van der Waals surface area contributed by atoms with Crippen molar-refractivity contribution in [2.75, 3.05) is 25.0 Å². The van der Waals surface area contributed by atoms with Crippen molar-refractivity contribution in [3.63, 3.8) is 0 Å². The fourth-order valence-corrected chi connectivity index (χ4v) is 3.69. The molecule has 0 saturated carbocycles. The number of amides is 3. The largest absolute Gasteiger partial charge is 0.454 e. The van der Waals surface area contributed by atoms with Gasteiger partial charge in [0.25, 0.3) is 0 Å². The maximum atomic E-state index is 12.7. The second kappa shape index (κ2) is 8.83. The average molecular weight is 404 g/mol. The van der Waals surface area contributed by atoms with Gasteiger partial charge >= 0.3 is 12.0 Å². The van der Waals surface area contributed by atoms with Crippen LogP contribution in [0.25, 0.3) is 10.4 Å². The first-order chi connectivity index (χ1) is 13.4. The Morgan fingerprint density at radius 3 is 2.61 bits per heavy atom. The summed E-state index contributed by atoms with van der Waals surface area (Å²) in [4.78, 5) is 36.3. The van der Waals surface area contributed by atoms with Gasteiger partial charge in [-0.05, 0) is 11.6 Å². The summed E-state index contributed by atoms with van der Waals surface area (Å²) in [6, 6.07) is 10.3. The van der Waals surface area contributed by atoms with Crippen LogP contribution in [0.2, 0.25) is 0 Å². The van der Waals surface area contributed by atoms with Crippen molar-refractivity contribution >= 4 is 34.9 Å². The van der Waals surface area contributed by atoms with Crippen LogP contribution in [0, 0.1) is 0 Å². The van der Waals surface area contributed by atoms with Crippen molar-refractivity contribution in [2.24, 2.45) is 11.5 Å². The van der Waals surface area contributed by atoms with Crippen LogP contribution in [0.15, 0.2) is 36.4 Å². The predicted octanol–water partition coefficient (Wildman–Crippen LogP) is 0.905. The molecule has 1 aromatic heterocycles. The van der Waals surface area contributed by atoms with E-state index in [2.05, 4.69) is 10.6 Å². The topological polar surface area (TPSA) is 146 Å². The van der Waals surface area contributed by atoms with Gasteiger partial charge in [-0.2, -0.15) is 0 Å². The molecule has 0 spiro atoms. The first-order valence-corrected chi connectivity index (χ1v) is 9.34. The first-order valence-electron chi connectivity index (χ1n) is 8.52. The number of ether oxygens (including phenoxy) is 2. The van der Waals surface area contributed by atoms with E-state index in [0.717, 1.165) is 10.4 Å². The smallest absolute Gasteiger partial charge is 0.350 e. The van der Waals surface area contributed by atoms with E-state index in [4.69, 9.17) is 20.9 Å². The molecule has 2 aromatic rings. The number of nitrogens with one attached hydrogen (secondary N) is 2. The second-order valence-electron chi connectivity index (χ2n) is 6.12. The molecule has 3 rings (SSSR count). The summed E-state index contributed by atoms with van der Waals surface area (Å²) >= 11 is 1.18. The molecule has 0 aliphatic carbocycles. The zero-order valence-corrected chi connectivity index (χ0v) is 15.7. The third-order valence-electron chi connectivity index (χ3n) is 4.01. The number of nitrogens with two attached hydrogens (primary N) is 2. The van der Waals surface area contributed by atoms with E-state index in [0.29, 0.717) is 6.54 Å². The minimum Gasteiger partial charge on any atom is -0.454 e. The minimum atomic E-state index is -0.782. The normalized spacial score (nSPS) is 19.4. The maximum absolute atomic E-state index is 12.7. The van der Waals surface area contributed by atoms with Gasteiger partial charge in [0.2, 0.25) is 5.91 Å². The van der Waals surface area contributed by atoms with Crippen LogP contribution < -0.4 is 22.1 Å². The molecule has 148 valence electrons. The molecule has 9 nitrogen and oxygen atoms in total. The SMILES string of the molecule is NC(=O)Nc1cc(-c2ccccc2)sc1C(=O)OC1CNCC(C(N)=O)OC1. The molecular formula is C18H20N4O5S. The molecule has 1 aromatic carbocycles. The van der Waals surface area contributed by atoms with Crippen LogP contribution in [0.1, 0.15) is 9.67 Å². The molecule has 1 fully saturated rings. The zero-order valence-electron chi connectivity index (χ0n) is 14.8. The monoisotopic (exact) mass is 404 g/mol. The zero-order chi connectivity index (χ0) is 20.1. The van der Waals surface area contributed by atoms with Crippen molar-refractivity contribution < 1.29 is 23.9 Å². The van der Waals surface area contributed by atoms with Gasteiger partial charge in [-0.15, -0.1) is 11.3 Å². The van der Waals surface area contributed by atoms with Crippen LogP contribution in [-0.2, 0) is 14.3 Å². The average Bonchev–Trinajstić information content (AvgIpc) is 2.92. The number of benzene rings is 1. The molecule has 3 amide bonds. The van der Waals surface area contributed by atoms with Crippen LogP contribution in [0.5, 0.6) is 0 Å². The Labute approximate surface area is 165 Å². The summed E-state index contributed by atoms with van der Waals surface area (Å²) in [7, 11) is 0. The van der Waals surface area contributed by atoms with Crippen LogP contribution in [-0.4, -0.2) is 49.8 Å². The standard InChI is InChI=1S/C18H20N4O5S/c19-16(23)13-8-21-7-11(9-26-13)27-17(24)15-12(22-18(20)25)6-14(28-15)10-4-2-1-3-5-10/h1-6,11,13,21H,7-9H2,(H2,19,23)(H3,20,22,25). The number of thiophene rings is 1. The summed E-state index contributed by atoms with van der Waals surface area (Å²) in [5.74, 6) is -1.21. The molecule has 2 atom stereocenters. The van der Waals surface area contributed by atoms with Gasteiger partial charge < -0.3 is 31.6 Å². The van der Waals surface area contributed by atoms with Crippen LogP contribution >= 0.6 is 11.3 Å². The Kier molecular flexibility index (Phi) is 6.24. The molecule has 6 N–H and O–H groups in total. The number of primary amides is 2. The minimum absolute atomic E-state index is 0.0296. The quantitative estimate of drug-likeness (QED) is 0.545. The molecule has 10 heteroatoms. The lowest BCUT2D eigenvalue weighted by atomic mass is 10.2. The van der Waals surface area contributed by atoms with Gasteiger partial charge in [0.15, 0.2) is 0 Å². The second-order valence-corrected chi connectivity index (χ2v) is 7.17. The fourth-order valence-electron chi connectivity index (χ4n) is 2.69. The number of hydrogen-bond donors (Lipinski definition) is 4. The summed E-state index contributed by atoms with van der Waals surface area (Å²) in [6.45, 7) is 0.585.